The number of aromatic hydroxyl groups is 1. The molecule has 3 heterocycles. The van der Waals surface area contributed by atoms with E-state index in [0.717, 1.165) is 0 Å². The van der Waals surface area contributed by atoms with E-state index in [0.29, 0.717) is 28.4 Å². The number of hydrogen-bond acceptors (Lipinski definition) is 9. The molecular formula is C24H24O9. The van der Waals surface area contributed by atoms with Gasteiger partial charge in [-0.1, -0.05) is 0 Å². The number of aliphatic hydroxyl groups is 1. The van der Waals surface area contributed by atoms with Crippen molar-refractivity contribution in [3.63, 3.8) is 0 Å². The Kier molecular flexibility index (Phi) is 4.73. The van der Waals surface area contributed by atoms with Crippen LogP contribution in [0.15, 0.2) is 27.4 Å². The lowest BCUT2D eigenvalue weighted by molar-refractivity contribution is -0.123. The second-order valence-corrected chi connectivity index (χ2v) is 8.54. The van der Waals surface area contributed by atoms with Crippen LogP contribution in [0, 0.1) is 0 Å². The number of ether oxygens (including phenoxy) is 5. The van der Waals surface area contributed by atoms with Crippen LogP contribution in [-0.4, -0.2) is 43.2 Å². The third-order valence-electron chi connectivity index (χ3n) is 6.24. The fraction of sp³-hybridized carbons (Fsp3) is 0.375. The van der Waals surface area contributed by atoms with Crippen LogP contribution in [0.3, 0.4) is 0 Å². The van der Waals surface area contributed by atoms with Crippen molar-refractivity contribution in [1.82, 2.24) is 0 Å². The van der Waals surface area contributed by atoms with Crippen LogP contribution in [0.5, 0.6) is 28.7 Å². The third kappa shape index (κ3) is 2.96. The maximum Gasteiger partial charge on any atom is 0.204 e. The van der Waals surface area contributed by atoms with Gasteiger partial charge in [0.2, 0.25) is 5.43 Å². The summed E-state index contributed by atoms with van der Waals surface area (Å²) in [5, 5.41) is 21.6. The van der Waals surface area contributed by atoms with Crippen molar-refractivity contribution >= 4 is 11.0 Å². The zero-order valence-electron chi connectivity index (χ0n) is 18.8. The Morgan fingerprint density at radius 3 is 2.42 bits per heavy atom. The molecule has 1 aromatic heterocycles. The summed E-state index contributed by atoms with van der Waals surface area (Å²) in [4.78, 5) is 13.7. The van der Waals surface area contributed by atoms with Gasteiger partial charge in [0.1, 0.15) is 47.1 Å². The summed E-state index contributed by atoms with van der Waals surface area (Å²) in [5.74, 6) is 1.55. The Labute approximate surface area is 189 Å². The number of fused-ring (bicyclic) bond motifs is 6. The van der Waals surface area contributed by atoms with E-state index in [4.69, 9.17) is 28.1 Å². The van der Waals surface area contributed by atoms with Gasteiger partial charge in [0.05, 0.1) is 25.3 Å². The molecule has 0 aliphatic carbocycles. The molecule has 0 radical (unpaired) electrons. The topological polar surface area (TPSA) is 117 Å². The molecular weight excluding hydrogens is 432 g/mol. The molecule has 0 saturated heterocycles. The molecule has 0 bridgehead atoms. The Hall–Kier alpha value is -3.43. The van der Waals surface area contributed by atoms with E-state index in [2.05, 4.69) is 0 Å². The fourth-order valence-electron chi connectivity index (χ4n) is 4.55. The average molecular weight is 456 g/mol. The van der Waals surface area contributed by atoms with E-state index in [-0.39, 0.29) is 40.4 Å². The molecule has 5 rings (SSSR count). The predicted molar refractivity (Wildman–Crippen MR) is 117 cm³/mol. The van der Waals surface area contributed by atoms with Gasteiger partial charge in [-0.05, 0) is 19.9 Å². The van der Waals surface area contributed by atoms with Crippen molar-refractivity contribution in [2.45, 2.75) is 38.3 Å². The van der Waals surface area contributed by atoms with Crippen molar-refractivity contribution in [2.24, 2.45) is 0 Å². The summed E-state index contributed by atoms with van der Waals surface area (Å²) in [5.41, 5.74) is -0.274. The first-order valence-corrected chi connectivity index (χ1v) is 10.4. The van der Waals surface area contributed by atoms with Crippen LogP contribution in [0.25, 0.3) is 22.1 Å². The van der Waals surface area contributed by atoms with Crippen LogP contribution in [0.4, 0.5) is 0 Å². The highest BCUT2D eigenvalue weighted by Crippen LogP contribution is 2.49. The molecule has 9 heteroatoms. The van der Waals surface area contributed by atoms with Gasteiger partial charge < -0.3 is 38.3 Å². The average Bonchev–Trinajstić information content (AvgIpc) is 2.78. The maximum absolute atomic E-state index is 13.7. The van der Waals surface area contributed by atoms with E-state index < -0.39 is 23.2 Å². The Morgan fingerprint density at radius 1 is 1.06 bits per heavy atom. The van der Waals surface area contributed by atoms with Gasteiger partial charge >= 0.3 is 0 Å². The molecule has 9 nitrogen and oxygen atoms in total. The molecule has 33 heavy (non-hydrogen) atoms. The van der Waals surface area contributed by atoms with Crippen molar-refractivity contribution in [3.05, 3.63) is 39.7 Å². The van der Waals surface area contributed by atoms with Gasteiger partial charge in [-0.2, -0.15) is 0 Å². The standard InChI is InChI=1S/C24H24O9/c1-24(2)23(27)22(30-5)19-15(33-24)7-11(25)18-20(26)17-10-6-13(28-3)14(29-4)8-12(10)31-9-16(17)32-21(18)19/h6-8,22-23,25,27H,9H2,1-5H3/t22-,23-/m1/s1. The molecule has 0 spiro atoms. The van der Waals surface area contributed by atoms with Gasteiger partial charge in [0.15, 0.2) is 22.8 Å². The first kappa shape index (κ1) is 21.4. The predicted octanol–water partition coefficient (Wildman–Crippen LogP) is 3.29. The lowest BCUT2D eigenvalue weighted by Gasteiger charge is -2.41. The number of aliphatic hydroxyl groups excluding tert-OH is 1. The number of phenols is 1. The highest BCUT2D eigenvalue weighted by Gasteiger charge is 2.45. The summed E-state index contributed by atoms with van der Waals surface area (Å²) in [7, 11) is 4.45. The molecule has 174 valence electrons. The number of benzene rings is 2. The van der Waals surface area contributed by atoms with Gasteiger partial charge in [-0.25, -0.2) is 0 Å². The van der Waals surface area contributed by atoms with Crippen molar-refractivity contribution < 1.29 is 38.3 Å². The normalized spacial score (nSPS) is 20.2. The minimum Gasteiger partial charge on any atom is -0.507 e. The van der Waals surface area contributed by atoms with Crippen LogP contribution in [-0.2, 0) is 11.3 Å². The Morgan fingerprint density at radius 2 is 1.76 bits per heavy atom. The highest BCUT2D eigenvalue weighted by molar-refractivity contribution is 5.93. The number of methoxy groups -OCH3 is 3. The van der Waals surface area contributed by atoms with E-state index >= 15 is 0 Å². The van der Waals surface area contributed by atoms with E-state index in [1.54, 1.807) is 26.0 Å². The first-order valence-electron chi connectivity index (χ1n) is 10.4. The smallest absolute Gasteiger partial charge is 0.204 e. The number of rotatable bonds is 3. The molecule has 2 atom stereocenters. The molecule has 3 aromatic rings. The summed E-state index contributed by atoms with van der Waals surface area (Å²) in [6.45, 7) is 3.41. The van der Waals surface area contributed by atoms with E-state index in [1.807, 2.05) is 0 Å². The van der Waals surface area contributed by atoms with Crippen LogP contribution in [0.2, 0.25) is 0 Å². The zero-order chi connectivity index (χ0) is 23.7. The SMILES string of the molecule is COc1cc2c(cc1OC)-c1c(oc3c4c(cc(O)c3c1=O)OC(C)(C)[C@H](O)[C@@H]4OC)CO2. The minimum absolute atomic E-state index is 0.0139. The highest BCUT2D eigenvalue weighted by atomic mass is 16.5. The summed E-state index contributed by atoms with van der Waals surface area (Å²) in [6, 6.07) is 4.63. The second-order valence-electron chi connectivity index (χ2n) is 8.54. The largest absolute Gasteiger partial charge is 0.507 e. The molecule has 0 fully saturated rings. The van der Waals surface area contributed by atoms with Crippen LogP contribution < -0.4 is 24.4 Å². The van der Waals surface area contributed by atoms with Crippen LogP contribution >= 0.6 is 0 Å². The minimum atomic E-state index is -1.04. The van der Waals surface area contributed by atoms with Crippen molar-refractivity contribution in [3.8, 4) is 39.9 Å². The summed E-state index contributed by atoms with van der Waals surface area (Å²) < 4.78 is 34.2. The fourth-order valence-corrected chi connectivity index (χ4v) is 4.55. The lowest BCUT2D eigenvalue weighted by Crippen LogP contribution is -2.49. The monoisotopic (exact) mass is 456 g/mol. The number of hydrogen-bond donors (Lipinski definition) is 2. The quantitative estimate of drug-likeness (QED) is 0.612. The molecule has 2 aliphatic heterocycles. The molecule has 0 saturated carbocycles. The maximum atomic E-state index is 13.7. The molecule has 2 aromatic carbocycles. The van der Waals surface area contributed by atoms with E-state index in [9.17, 15) is 15.0 Å². The first-order chi connectivity index (χ1) is 15.7. The van der Waals surface area contributed by atoms with Crippen LogP contribution in [0.1, 0.15) is 31.3 Å². The molecule has 2 N–H and O–H groups in total. The zero-order valence-corrected chi connectivity index (χ0v) is 18.8. The molecule has 0 amide bonds. The van der Waals surface area contributed by atoms with Gasteiger partial charge in [0.25, 0.3) is 0 Å². The van der Waals surface area contributed by atoms with Gasteiger partial charge in [-0.15, -0.1) is 0 Å². The molecule has 2 aliphatic rings. The van der Waals surface area contributed by atoms with Crippen molar-refractivity contribution in [1.29, 1.82) is 0 Å². The van der Waals surface area contributed by atoms with Gasteiger partial charge in [-0.3, -0.25) is 4.79 Å². The summed E-state index contributed by atoms with van der Waals surface area (Å²) >= 11 is 0. The Bertz CT molecular complexity index is 1340. The number of phenolic OH excluding ortho intramolecular Hbond substituents is 1. The molecule has 0 unspecified atom stereocenters. The lowest BCUT2D eigenvalue weighted by atomic mass is 9.87. The third-order valence-corrected chi connectivity index (χ3v) is 6.24. The summed E-state index contributed by atoms with van der Waals surface area (Å²) in [6.07, 6.45) is -1.88. The van der Waals surface area contributed by atoms with Gasteiger partial charge in [0, 0.05) is 24.8 Å². The Balaban J connectivity index is 1.83. The van der Waals surface area contributed by atoms with Crippen molar-refractivity contribution in [2.75, 3.05) is 21.3 Å². The second kappa shape index (κ2) is 7.29. The van der Waals surface area contributed by atoms with E-state index in [1.165, 1.54) is 27.4 Å².